The minimum Gasteiger partial charge on any atom is -0.452 e. The van der Waals surface area contributed by atoms with Crippen LogP contribution in [0.2, 0.25) is 0 Å². The Balaban J connectivity index is 0.000000755. The van der Waals surface area contributed by atoms with Crippen molar-refractivity contribution in [2.45, 2.75) is 33.6 Å². The average molecular weight is 385 g/mol. The summed E-state index contributed by atoms with van der Waals surface area (Å²) < 4.78 is 6.15. The monoisotopic (exact) mass is 384 g/mol. The lowest BCUT2D eigenvalue weighted by Gasteiger charge is -2.09. The van der Waals surface area contributed by atoms with Crippen molar-refractivity contribution in [2.75, 3.05) is 6.54 Å². The highest BCUT2D eigenvalue weighted by molar-refractivity contribution is 6.19. The summed E-state index contributed by atoms with van der Waals surface area (Å²) in [5, 5.41) is 2.36. The third-order valence-electron chi connectivity index (χ3n) is 4.46. The number of rotatable bonds is 4. The van der Waals surface area contributed by atoms with Crippen molar-refractivity contribution in [3.8, 4) is 5.75 Å². The Hall–Kier alpha value is -3.20. The first-order chi connectivity index (χ1) is 14.2. The topological polar surface area (TPSA) is 34.0 Å². The van der Waals surface area contributed by atoms with Crippen LogP contribution in [0.25, 0.3) is 16.5 Å². The molecular formula is C26H28N2O. The lowest BCUT2D eigenvalue weighted by molar-refractivity contribution is 0.470. The van der Waals surface area contributed by atoms with Crippen LogP contribution < -0.4 is 4.74 Å². The van der Waals surface area contributed by atoms with Crippen molar-refractivity contribution in [3.05, 3.63) is 83.6 Å². The molecule has 3 nitrogen and oxygen atoms in total. The number of ether oxygens (including phenoxy) is 1. The lowest BCUT2D eigenvalue weighted by Crippen LogP contribution is -2.05. The number of benzene rings is 3. The highest BCUT2D eigenvalue weighted by atomic mass is 16.5. The van der Waals surface area contributed by atoms with Gasteiger partial charge in [-0.2, -0.15) is 0 Å². The maximum Gasteiger partial charge on any atom is 0.179 e. The van der Waals surface area contributed by atoms with Crippen LogP contribution in [-0.4, -0.2) is 19.0 Å². The Kier molecular flexibility index (Phi) is 6.96. The average Bonchev–Trinajstić information content (AvgIpc) is 3.11. The van der Waals surface area contributed by atoms with Crippen molar-refractivity contribution in [1.82, 2.24) is 0 Å². The van der Waals surface area contributed by atoms with Gasteiger partial charge in [0.1, 0.15) is 17.2 Å². The fraction of sp³-hybridized carbons (Fsp3) is 0.231. The summed E-state index contributed by atoms with van der Waals surface area (Å²) in [5.74, 6) is 1.50. The first kappa shape index (κ1) is 20.5. The van der Waals surface area contributed by atoms with Gasteiger partial charge in [0.2, 0.25) is 0 Å². The van der Waals surface area contributed by atoms with Gasteiger partial charge >= 0.3 is 0 Å². The van der Waals surface area contributed by atoms with Gasteiger partial charge in [0.15, 0.2) is 5.76 Å². The van der Waals surface area contributed by atoms with Gasteiger partial charge in [-0.3, -0.25) is 9.98 Å². The molecule has 0 radical (unpaired) electrons. The summed E-state index contributed by atoms with van der Waals surface area (Å²) >= 11 is 0. The second kappa shape index (κ2) is 9.83. The first-order valence-electron chi connectivity index (χ1n) is 10.3. The van der Waals surface area contributed by atoms with Gasteiger partial charge in [-0.15, -0.1) is 0 Å². The van der Waals surface area contributed by atoms with Gasteiger partial charge in [-0.05, 0) is 42.1 Å². The van der Waals surface area contributed by atoms with Gasteiger partial charge in [0, 0.05) is 17.7 Å². The summed E-state index contributed by atoms with van der Waals surface area (Å²) in [6, 6.07) is 22.5. The molecule has 1 heterocycles. The predicted molar refractivity (Wildman–Crippen MR) is 125 cm³/mol. The standard InChI is InChI=1S/C23H20N2O.C3H8/c1-3-14-25-22-19-10-6-7-11-20(19)26-23(22)21(24-2)18-13-12-16-8-4-5-9-17(16)15-18;1-3-2/h4-13,15H,2-3,14H2,1H3;3H2,1-2H3/b23-21+,25-22?;. The smallest absolute Gasteiger partial charge is 0.179 e. The predicted octanol–water partition coefficient (Wildman–Crippen LogP) is 6.92. The van der Waals surface area contributed by atoms with E-state index >= 15 is 0 Å². The third-order valence-corrected chi connectivity index (χ3v) is 4.46. The number of hydrogen-bond acceptors (Lipinski definition) is 3. The Labute approximate surface area is 173 Å². The van der Waals surface area contributed by atoms with Crippen molar-refractivity contribution in [2.24, 2.45) is 9.98 Å². The Bertz CT molecular complexity index is 1060. The molecule has 0 fully saturated rings. The summed E-state index contributed by atoms with van der Waals surface area (Å²) in [7, 11) is 0. The molecule has 3 aromatic carbocycles. The lowest BCUT2D eigenvalue weighted by atomic mass is 10.0. The maximum atomic E-state index is 6.15. The molecule has 0 N–H and O–H groups in total. The zero-order chi connectivity index (χ0) is 20.6. The minimum atomic E-state index is 0.685. The van der Waals surface area contributed by atoms with Crippen LogP contribution >= 0.6 is 0 Å². The molecule has 0 amide bonds. The van der Waals surface area contributed by atoms with Crippen molar-refractivity contribution >= 4 is 28.9 Å². The van der Waals surface area contributed by atoms with E-state index in [0.717, 1.165) is 46.6 Å². The van der Waals surface area contributed by atoms with Crippen LogP contribution in [0.5, 0.6) is 5.75 Å². The quantitative estimate of drug-likeness (QED) is 0.450. The van der Waals surface area contributed by atoms with E-state index in [1.54, 1.807) is 0 Å². The molecule has 3 aromatic rings. The molecule has 3 heteroatoms. The van der Waals surface area contributed by atoms with E-state index in [9.17, 15) is 0 Å². The highest BCUT2D eigenvalue weighted by Crippen LogP contribution is 2.36. The maximum absolute atomic E-state index is 6.15. The van der Waals surface area contributed by atoms with Gasteiger partial charge in [-0.1, -0.05) is 75.7 Å². The molecule has 4 rings (SSSR count). The summed E-state index contributed by atoms with van der Waals surface area (Å²) in [4.78, 5) is 9.08. The van der Waals surface area contributed by atoms with E-state index in [4.69, 9.17) is 9.73 Å². The van der Waals surface area contributed by atoms with E-state index in [1.807, 2.05) is 36.4 Å². The van der Waals surface area contributed by atoms with Crippen LogP contribution in [-0.2, 0) is 0 Å². The number of fused-ring (bicyclic) bond motifs is 2. The Morgan fingerprint density at radius 3 is 2.31 bits per heavy atom. The van der Waals surface area contributed by atoms with Crippen molar-refractivity contribution < 1.29 is 4.74 Å². The molecule has 0 saturated heterocycles. The number of hydrogen-bond donors (Lipinski definition) is 0. The number of para-hydroxylation sites is 1. The molecule has 0 aliphatic carbocycles. The molecule has 0 saturated carbocycles. The van der Waals surface area contributed by atoms with Gasteiger partial charge in [0.25, 0.3) is 0 Å². The molecule has 0 unspecified atom stereocenters. The van der Waals surface area contributed by atoms with E-state index < -0.39 is 0 Å². The summed E-state index contributed by atoms with van der Waals surface area (Å²) in [6.45, 7) is 10.9. The number of allylic oxidation sites excluding steroid dienone is 1. The summed E-state index contributed by atoms with van der Waals surface area (Å²) in [6.07, 6.45) is 2.23. The molecule has 1 aliphatic rings. The fourth-order valence-electron chi connectivity index (χ4n) is 3.20. The molecule has 0 bridgehead atoms. The fourth-order valence-corrected chi connectivity index (χ4v) is 3.20. The van der Waals surface area contributed by atoms with Crippen LogP contribution in [0.4, 0.5) is 0 Å². The van der Waals surface area contributed by atoms with Crippen LogP contribution in [0.1, 0.15) is 44.7 Å². The first-order valence-corrected chi connectivity index (χ1v) is 10.3. The molecule has 0 spiro atoms. The molecule has 0 atom stereocenters. The van der Waals surface area contributed by atoms with Crippen LogP contribution in [0.15, 0.2) is 82.5 Å². The zero-order valence-corrected chi connectivity index (χ0v) is 17.5. The second-order valence-corrected chi connectivity index (χ2v) is 6.93. The van der Waals surface area contributed by atoms with Gasteiger partial charge < -0.3 is 4.74 Å². The molecule has 29 heavy (non-hydrogen) atoms. The van der Waals surface area contributed by atoms with Crippen molar-refractivity contribution in [1.29, 1.82) is 0 Å². The number of aliphatic imine (C=N–C) groups is 2. The normalized spacial score (nSPS) is 15.3. The third kappa shape index (κ3) is 4.45. The Morgan fingerprint density at radius 2 is 1.59 bits per heavy atom. The largest absolute Gasteiger partial charge is 0.452 e. The SMILES string of the molecule is C=N/C(=C1/Oc2ccccc2C1=NCCC)c1ccc2ccccc2c1.CCC. The summed E-state index contributed by atoms with van der Waals surface area (Å²) in [5.41, 5.74) is 3.57. The number of nitrogens with zero attached hydrogens (tertiary/aromatic N) is 2. The van der Waals surface area contributed by atoms with E-state index in [0.29, 0.717) is 5.76 Å². The van der Waals surface area contributed by atoms with Crippen molar-refractivity contribution in [3.63, 3.8) is 0 Å². The molecular weight excluding hydrogens is 356 g/mol. The van der Waals surface area contributed by atoms with E-state index in [-0.39, 0.29) is 0 Å². The van der Waals surface area contributed by atoms with Gasteiger partial charge in [0.05, 0.1) is 0 Å². The highest BCUT2D eigenvalue weighted by Gasteiger charge is 2.28. The van der Waals surface area contributed by atoms with E-state index in [2.05, 4.69) is 62.8 Å². The Morgan fingerprint density at radius 1 is 0.897 bits per heavy atom. The van der Waals surface area contributed by atoms with E-state index in [1.165, 1.54) is 11.8 Å². The molecule has 0 aromatic heterocycles. The molecule has 1 aliphatic heterocycles. The minimum absolute atomic E-state index is 0.685. The second-order valence-electron chi connectivity index (χ2n) is 6.93. The van der Waals surface area contributed by atoms with Crippen LogP contribution in [0, 0.1) is 0 Å². The van der Waals surface area contributed by atoms with Crippen LogP contribution in [0.3, 0.4) is 0 Å². The zero-order valence-electron chi connectivity index (χ0n) is 17.5. The van der Waals surface area contributed by atoms with Gasteiger partial charge in [-0.25, -0.2) is 0 Å². The molecule has 148 valence electrons.